The van der Waals surface area contributed by atoms with Gasteiger partial charge in [-0.25, -0.2) is 9.03 Å². The summed E-state index contributed by atoms with van der Waals surface area (Å²) in [4.78, 5) is 0. The predicted molar refractivity (Wildman–Crippen MR) is 77.2 cm³/mol. The van der Waals surface area contributed by atoms with Gasteiger partial charge in [-0.3, -0.25) is 0 Å². The summed E-state index contributed by atoms with van der Waals surface area (Å²) in [5.41, 5.74) is 0. The van der Waals surface area contributed by atoms with Gasteiger partial charge < -0.3 is 0 Å². The fourth-order valence-electron chi connectivity index (χ4n) is 1.19. The Morgan fingerprint density at radius 1 is 0.933 bits per heavy atom. The first-order chi connectivity index (χ1) is 6.68. The van der Waals surface area contributed by atoms with Crippen LogP contribution in [0.5, 0.6) is 0 Å². The van der Waals surface area contributed by atoms with E-state index in [1.807, 2.05) is 6.66 Å². The van der Waals surface area contributed by atoms with Crippen LogP contribution in [-0.4, -0.2) is 12.8 Å². The molecule has 0 aliphatic carbocycles. The van der Waals surface area contributed by atoms with Gasteiger partial charge in [-0.15, -0.1) is 0 Å². The van der Waals surface area contributed by atoms with Crippen molar-refractivity contribution in [2.24, 2.45) is 13.5 Å². The zero-order valence-corrected chi connectivity index (χ0v) is 14.0. The number of unbranched alkanes of at least 4 members (excludes halogenated alkanes) is 1. The van der Waals surface area contributed by atoms with Crippen molar-refractivity contribution in [3.05, 3.63) is 0 Å². The molecule has 1 aliphatic rings. The van der Waals surface area contributed by atoms with Crippen LogP contribution >= 0.6 is 64.0 Å². The molecule has 0 aromatic carbocycles. The van der Waals surface area contributed by atoms with Crippen molar-refractivity contribution in [1.82, 2.24) is 0 Å². The maximum atomic E-state index is 5.99. The molecule has 90 valence electrons. The van der Waals surface area contributed by atoms with Gasteiger partial charge >= 0.3 is 0 Å². The number of nitrogens with zero attached hydrogens (tertiary/aromatic N) is 3. The predicted octanol–water partition coefficient (Wildman–Crippen LogP) is 7.39. The largest absolute Gasteiger partial charge is 0.255 e. The molecule has 1 unspecified atom stereocenters. The summed E-state index contributed by atoms with van der Waals surface area (Å²) in [6, 6.07) is 0. The van der Waals surface area contributed by atoms with Crippen LogP contribution in [0.25, 0.3) is 0 Å². The van der Waals surface area contributed by atoms with E-state index in [-0.39, 0.29) is 0 Å². The quantitative estimate of drug-likeness (QED) is 0.476. The number of hydrogen-bond donors (Lipinski definition) is 0. The zero-order valence-electron chi connectivity index (χ0n) is 8.32. The Balaban J connectivity index is 3.18. The molecule has 0 radical (unpaired) electrons. The molecular weight excluding hydrogens is 337 g/mol. The molecule has 0 bridgehead atoms. The Morgan fingerprint density at radius 3 is 1.93 bits per heavy atom. The first-order valence-electron chi connectivity index (χ1n) is 4.35. The molecule has 0 saturated heterocycles. The first kappa shape index (κ1) is 14.9. The van der Waals surface area contributed by atoms with E-state index in [1.54, 1.807) is 0 Å². The van der Waals surface area contributed by atoms with Crippen LogP contribution in [0.1, 0.15) is 19.8 Å². The van der Waals surface area contributed by atoms with Crippen LogP contribution in [0.3, 0.4) is 0 Å². The molecule has 10 heteroatoms. The average molecular weight is 349 g/mol. The standard InChI is InChI=1S/C5H12Cl4N3P3/c1-3-4-5-13(2)10-14(6,7)12-15(8,9)11-13/h3-5H2,1-2H3. The lowest BCUT2D eigenvalue weighted by Crippen LogP contribution is -1.86. The van der Waals surface area contributed by atoms with Crippen LogP contribution in [0.15, 0.2) is 13.5 Å². The maximum absolute atomic E-state index is 5.99. The Labute approximate surface area is 110 Å². The van der Waals surface area contributed by atoms with Crippen molar-refractivity contribution in [2.75, 3.05) is 12.8 Å². The van der Waals surface area contributed by atoms with Crippen molar-refractivity contribution >= 4 is 64.0 Å². The van der Waals surface area contributed by atoms with E-state index in [9.17, 15) is 0 Å². The second-order valence-corrected chi connectivity index (χ2v) is 16.6. The van der Waals surface area contributed by atoms with Crippen LogP contribution in [-0.2, 0) is 0 Å². The average Bonchev–Trinajstić information content (AvgIpc) is 1.93. The highest BCUT2D eigenvalue weighted by molar-refractivity contribution is 8.21. The highest BCUT2D eigenvalue weighted by Gasteiger charge is 2.29. The van der Waals surface area contributed by atoms with E-state index < -0.39 is 19.0 Å². The molecule has 0 aromatic rings. The minimum atomic E-state index is -2.68. The highest BCUT2D eigenvalue weighted by atomic mass is 35.9. The van der Waals surface area contributed by atoms with Crippen LogP contribution in [0.4, 0.5) is 0 Å². The van der Waals surface area contributed by atoms with Gasteiger partial charge in [0.1, 0.15) is 0 Å². The minimum Gasteiger partial charge on any atom is -0.213 e. The Kier molecular flexibility index (Phi) is 5.20. The van der Waals surface area contributed by atoms with Gasteiger partial charge in [-0.2, -0.15) is 4.52 Å². The van der Waals surface area contributed by atoms with E-state index in [2.05, 4.69) is 20.5 Å². The summed E-state index contributed by atoms with van der Waals surface area (Å²) in [6.07, 6.45) is 2.96. The molecule has 15 heavy (non-hydrogen) atoms. The van der Waals surface area contributed by atoms with Gasteiger partial charge in [-0.05, 0) is 58.0 Å². The fourth-order valence-corrected chi connectivity index (χ4v) is 19.0. The number of halogens is 4. The summed E-state index contributed by atoms with van der Waals surface area (Å²) >= 11 is 24.0. The third-order valence-corrected chi connectivity index (χ3v) is 14.3. The van der Waals surface area contributed by atoms with Gasteiger partial charge in [0.05, 0.1) is 7.21 Å². The highest BCUT2D eigenvalue weighted by Crippen LogP contribution is 2.84. The van der Waals surface area contributed by atoms with E-state index in [0.29, 0.717) is 0 Å². The number of hydrogen-bond acceptors (Lipinski definition) is 3. The second-order valence-electron chi connectivity index (χ2n) is 3.35. The van der Waals surface area contributed by atoms with Gasteiger partial charge in [0.25, 0.3) is 11.8 Å². The lowest BCUT2D eigenvalue weighted by molar-refractivity contribution is 0.889. The van der Waals surface area contributed by atoms with Crippen molar-refractivity contribution in [3.8, 4) is 0 Å². The first-order valence-corrected chi connectivity index (χ1v) is 13.7. The summed E-state index contributed by atoms with van der Waals surface area (Å²) in [6.45, 7) is 4.06. The van der Waals surface area contributed by atoms with Crippen molar-refractivity contribution in [2.45, 2.75) is 19.8 Å². The molecular formula is C5H12Cl4N3P3. The normalized spacial score (nSPS) is 32.4. The SMILES string of the molecule is CCCCP1(C)=NP(Cl)(Cl)=NP(Cl)(Cl)=N1. The summed E-state index contributed by atoms with van der Waals surface area (Å²) in [5, 5.41) is 0. The molecule has 1 heterocycles. The Hall–Kier alpha value is 1.85. The summed E-state index contributed by atoms with van der Waals surface area (Å²) in [7, 11) is -1.90. The fraction of sp³-hybridized carbons (Fsp3) is 1.00. The Morgan fingerprint density at radius 2 is 1.47 bits per heavy atom. The van der Waals surface area contributed by atoms with Gasteiger partial charge in [-0.1, -0.05) is 13.3 Å². The van der Waals surface area contributed by atoms with Crippen LogP contribution in [0.2, 0.25) is 0 Å². The van der Waals surface area contributed by atoms with E-state index >= 15 is 0 Å². The molecule has 1 atom stereocenters. The Bertz CT molecular complexity index is 398. The van der Waals surface area contributed by atoms with Crippen LogP contribution < -0.4 is 0 Å². The zero-order chi connectivity index (χ0) is 11.7. The van der Waals surface area contributed by atoms with E-state index in [4.69, 9.17) is 45.0 Å². The van der Waals surface area contributed by atoms with E-state index in [1.165, 1.54) is 0 Å². The van der Waals surface area contributed by atoms with Gasteiger partial charge in [0.15, 0.2) is 0 Å². The molecule has 0 amide bonds. The number of rotatable bonds is 3. The van der Waals surface area contributed by atoms with Gasteiger partial charge in [0.2, 0.25) is 0 Å². The monoisotopic (exact) mass is 347 g/mol. The molecule has 0 fully saturated rings. The van der Waals surface area contributed by atoms with E-state index in [0.717, 1.165) is 19.0 Å². The lowest BCUT2D eigenvalue weighted by Gasteiger charge is -2.23. The molecule has 3 nitrogen and oxygen atoms in total. The van der Waals surface area contributed by atoms with Crippen molar-refractivity contribution in [3.63, 3.8) is 0 Å². The third-order valence-electron chi connectivity index (χ3n) is 1.75. The maximum Gasteiger partial charge on any atom is 0.255 e. The molecule has 0 spiro atoms. The molecule has 1 rings (SSSR count). The van der Waals surface area contributed by atoms with Crippen molar-refractivity contribution in [1.29, 1.82) is 0 Å². The summed E-state index contributed by atoms with van der Waals surface area (Å²) in [5.74, 6) is -5.37. The van der Waals surface area contributed by atoms with Crippen LogP contribution in [0, 0.1) is 0 Å². The second kappa shape index (κ2) is 5.23. The smallest absolute Gasteiger partial charge is 0.213 e. The lowest BCUT2D eigenvalue weighted by atomic mass is 10.4. The van der Waals surface area contributed by atoms with Gasteiger partial charge in [0, 0.05) is 6.16 Å². The third kappa shape index (κ3) is 4.92. The molecule has 0 N–H and O–H groups in total. The minimum absolute atomic E-state index is 0.862. The molecule has 0 saturated carbocycles. The molecule has 1 aliphatic heterocycles. The topological polar surface area (TPSA) is 37.1 Å². The summed E-state index contributed by atoms with van der Waals surface area (Å²) < 4.78 is 12.6. The van der Waals surface area contributed by atoms with Crippen molar-refractivity contribution < 1.29 is 0 Å². The molecule has 0 aromatic heterocycles.